The summed E-state index contributed by atoms with van der Waals surface area (Å²) < 4.78 is 6.72. The topological polar surface area (TPSA) is 21.3 Å². The predicted molar refractivity (Wildman–Crippen MR) is 91.9 cm³/mol. The smallest absolute Gasteiger partial charge is 0.119 e. The first-order chi connectivity index (χ1) is 10.2. The van der Waals surface area contributed by atoms with Gasteiger partial charge in [0.05, 0.1) is 12.6 Å². The standard InChI is InChI=1S/C18H22BrNO/c1-3-12-20-18(14-8-10-16(19)11-9-14)15-6-5-7-17(13-15)21-4-2/h5-11,13,18,20H,3-4,12H2,1-2H3. The second kappa shape index (κ2) is 8.20. The summed E-state index contributed by atoms with van der Waals surface area (Å²) in [6.45, 7) is 5.87. The van der Waals surface area contributed by atoms with Crippen molar-refractivity contribution in [1.82, 2.24) is 5.32 Å². The van der Waals surface area contributed by atoms with E-state index < -0.39 is 0 Å². The molecule has 112 valence electrons. The Morgan fingerprint density at radius 3 is 2.48 bits per heavy atom. The fourth-order valence-corrected chi connectivity index (χ4v) is 2.59. The van der Waals surface area contributed by atoms with Crippen molar-refractivity contribution in [2.24, 2.45) is 0 Å². The van der Waals surface area contributed by atoms with E-state index in [1.807, 2.05) is 13.0 Å². The lowest BCUT2D eigenvalue weighted by Gasteiger charge is -2.20. The number of nitrogens with one attached hydrogen (secondary N) is 1. The zero-order valence-corrected chi connectivity index (χ0v) is 14.2. The van der Waals surface area contributed by atoms with Crippen LogP contribution in [-0.2, 0) is 0 Å². The van der Waals surface area contributed by atoms with Gasteiger partial charge in [0.2, 0.25) is 0 Å². The highest BCUT2D eigenvalue weighted by molar-refractivity contribution is 9.10. The molecule has 0 saturated carbocycles. The molecule has 0 aliphatic rings. The number of ether oxygens (including phenoxy) is 1. The van der Waals surface area contributed by atoms with Gasteiger partial charge in [0.1, 0.15) is 5.75 Å². The third-order valence-corrected chi connectivity index (χ3v) is 3.83. The van der Waals surface area contributed by atoms with Crippen LogP contribution in [0.2, 0.25) is 0 Å². The summed E-state index contributed by atoms with van der Waals surface area (Å²) in [5.74, 6) is 0.926. The van der Waals surface area contributed by atoms with E-state index in [0.717, 1.165) is 23.2 Å². The van der Waals surface area contributed by atoms with Crippen molar-refractivity contribution in [1.29, 1.82) is 0 Å². The summed E-state index contributed by atoms with van der Waals surface area (Å²) in [5.41, 5.74) is 2.50. The lowest BCUT2D eigenvalue weighted by atomic mass is 9.98. The fraction of sp³-hybridized carbons (Fsp3) is 0.333. The van der Waals surface area contributed by atoms with Crippen LogP contribution in [0.1, 0.15) is 37.4 Å². The van der Waals surface area contributed by atoms with Gasteiger partial charge < -0.3 is 10.1 Å². The first-order valence-corrected chi connectivity index (χ1v) is 8.25. The molecule has 0 heterocycles. The predicted octanol–water partition coefficient (Wildman–Crippen LogP) is 4.94. The van der Waals surface area contributed by atoms with Crippen LogP contribution in [0.4, 0.5) is 0 Å². The maximum absolute atomic E-state index is 5.62. The Balaban J connectivity index is 2.30. The molecule has 0 amide bonds. The van der Waals surface area contributed by atoms with Crippen molar-refractivity contribution >= 4 is 15.9 Å². The van der Waals surface area contributed by atoms with Crippen molar-refractivity contribution in [3.8, 4) is 5.75 Å². The molecule has 0 bridgehead atoms. The minimum absolute atomic E-state index is 0.193. The zero-order chi connectivity index (χ0) is 15.1. The van der Waals surface area contributed by atoms with Gasteiger partial charge in [0.15, 0.2) is 0 Å². The van der Waals surface area contributed by atoms with Gasteiger partial charge in [0, 0.05) is 4.47 Å². The molecule has 0 fully saturated rings. The molecule has 2 aromatic rings. The molecule has 2 aromatic carbocycles. The molecule has 1 atom stereocenters. The van der Waals surface area contributed by atoms with E-state index in [1.54, 1.807) is 0 Å². The Morgan fingerprint density at radius 1 is 1.05 bits per heavy atom. The first kappa shape index (κ1) is 16.1. The van der Waals surface area contributed by atoms with Crippen LogP contribution in [0.15, 0.2) is 53.0 Å². The van der Waals surface area contributed by atoms with Crippen molar-refractivity contribution in [3.05, 3.63) is 64.1 Å². The molecule has 1 N–H and O–H groups in total. The van der Waals surface area contributed by atoms with Gasteiger partial charge >= 0.3 is 0 Å². The summed E-state index contributed by atoms with van der Waals surface area (Å²) in [6, 6.07) is 17.0. The monoisotopic (exact) mass is 347 g/mol. The highest BCUT2D eigenvalue weighted by Crippen LogP contribution is 2.26. The number of halogens is 1. The van der Waals surface area contributed by atoms with Crippen molar-refractivity contribution in [3.63, 3.8) is 0 Å². The second-order valence-electron chi connectivity index (χ2n) is 4.94. The molecule has 0 aliphatic heterocycles. The normalized spacial score (nSPS) is 12.1. The van der Waals surface area contributed by atoms with Crippen LogP contribution >= 0.6 is 15.9 Å². The van der Waals surface area contributed by atoms with Gasteiger partial charge in [0.25, 0.3) is 0 Å². The van der Waals surface area contributed by atoms with Crippen LogP contribution in [0.25, 0.3) is 0 Å². The molecule has 21 heavy (non-hydrogen) atoms. The molecule has 0 aliphatic carbocycles. The Labute approximate surface area is 135 Å². The van der Waals surface area contributed by atoms with Crippen LogP contribution in [-0.4, -0.2) is 13.2 Å². The average molecular weight is 348 g/mol. The highest BCUT2D eigenvalue weighted by Gasteiger charge is 2.13. The highest BCUT2D eigenvalue weighted by atomic mass is 79.9. The van der Waals surface area contributed by atoms with Crippen LogP contribution in [0.3, 0.4) is 0 Å². The molecular weight excluding hydrogens is 326 g/mol. The Bertz CT molecular complexity index is 553. The van der Waals surface area contributed by atoms with E-state index >= 15 is 0 Å². The third-order valence-electron chi connectivity index (χ3n) is 3.30. The van der Waals surface area contributed by atoms with Gasteiger partial charge in [-0.25, -0.2) is 0 Å². The van der Waals surface area contributed by atoms with Gasteiger partial charge in [-0.05, 0) is 55.3 Å². The maximum Gasteiger partial charge on any atom is 0.119 e. The van der Waals surface area contributed by atoms with Gasteiger partial charge in [-0.3, -0.25) is 0 Å². The lowest BCUT2D eigenvalue weighted by Crippen LogP contribution is -2.23. The number of hydrogen-bond donors (Lipinski definition) is 1. The summed E-state index contributed by atoms with van der Waals surface area (Å²) in [4.78, 5) is 0. The zero-order valence-electron chi connectivity index (χ0n) is 12.6. The molecule has 0 radical (unpaired) electrons. The van der Waals surface area contributed by atoms with Crippen LogP contribution in [0, 0.1) is 0 Å². The summed E-state index contributed by atoms with van der Waals surface area (Å²) in [6.07, 6.45) is 1.11. The Kier molecular flexibility index (Phi) is 6.27. The molecule has 3 heteroatoms. The molecule has 0 aromatic heterocycles. The van der Waals surface area contributed by atoms with E-state index in [0.29, 0.717) is 6.61 Å². The molecule has 0 spiro atoms. The summed E-state index contributed by atoms with van der Waals surface area (Å²) in [7, 11) is 0. The van der Waals surface area contributed by atoms with Crippen molar-refractivity contribution in [2.45, 2.75) is 26.3 Å². The lowest BCUT2D eigenvalue weighted by molar-refractivity contribution is 0.339. The largest absolute Gasteiger partial charge is 0.494 e. The van der Waals surface area contributed by atoms with Crippen molar-refractivity contribution in [2.75, 3.05) is 13.2 Å². The van der Waals surface area contributed by atoms with E-state index in [4.69, 9.17) is 4.74 Å². The first-order valence-electron chi connectivity index (χ1n) is 7.46. The average Bonchev–Trinajstić information content (AvgIpc) is 2.50. The van der Waals surface area contributed by atoms with Crippen LogP contribution < -0.4 is 10.1 Å². The molecule has 0 saturated heterocycles. The quantitative estimate of drug-likeness (QED) is 0.765. The molecular formula is C18H22BrNO. The molecule has 2 rings (SSSR count). The summed E-state index contributed by atoms with van der Waals surface area (Å²) >= 11 is 3.50. The summed E-state index contributed by atoms with van der Waals surface area (Å²) in [5, 5.41) is 3.62. The SMILES string of the molecule is CCCNC(c1ccc(Br)cc1)c1cccc(OCC)c1. The number of rotatable bonds is 7. The van der Waals surface area contributed by atoms with Crippen LogP contribution in [0.5, 0.6) is 5.75 Å². The van der Waals surface area contributed by atoms with E-state index in [9.17, 15) is 0 Å². The Hall–Kier alpha value is -1.32. The van der Waals surface area contributed by atoms with E-state index in [-0.39, 0.29) is 6.04 Å². The number of hydrogen-bond acceptors (Lipinski definition) is 2. The molecule has 2 nitrogen and oxygen atoms in total. The van der Waals surface area contributed by atoms with E-state index in [2.05, 4.69) is 70.6 Å². The van der Waals surface area contributed by atoms with Crippen molar-refractivity contribution < 1.29 is 4.74 Å². The van der Waals surface area contributed by atoms with Gasteiger partial charge in [-0.15, -0.1) is 0 Å². The van der Waals surface area contributed by atoms with E-state index in [1.165, 1.54) is 11.1 Å². The Morgan fingerprint density at radius 2 is 1.81 bits per heavy atom. The molecule has 1 unspecified atom stereocenters. The number of benzene rings is 2. The minimum atomic E-state index is 0.193. The van der Waals surface area contributed by atoms with Gasteiger partial charge in [-0.1, -0.05) is 47.1 Å². The second-order valence-corrected chi connectivity index (χ2v) is 5.86. The third kappa shape index (κ3) is 4.58. The fourth-order valence-electron chi connectivity index (χ4n) is 2.32. The minimum Gasteiger partial charge on any atom is -0.494 e. The van der Waals surface area contributed by atoms with Gasteiger partial charge in [-0.2, -0.15) is 0 Å². The maximum atomic E-state index is 5.62.